The summed E-state index contributed by atoms with van der Waals surface area (Å²) < 4.78 is 4.35. The average Bonchev–Trinajstić information content (AvgIpc) is 2.79. The number of nitrogens with one attached hydrogen (secondary N) is 1. The Bertz CT molecular complexity index is 583. The van der Waals surface area contributed by atoms with Crippen LogP contribution in [-0.2, 0) is 0 Å². The zero-order valence-corrected chi connectivity index (χ0v) is 13.5. The van der Waals surface area contributed by atoms with Crippen LogP contribution < -0.4 is 11.1 Å². The van der Waals surface area contributed by atoms with E-state index in [1.807, 2.05) is 18.2 Å². The van der Waals surface area contributed by atoms with Crippen LogP contribution in [0.25, 0.3) is 11.1 Å². The highest BCUT2D eigenvalue weighted by Gasteiger charge is 2.25. The van der Waals surface area contributed by atoms with E-state index in [0.29, 0.717) is 11.9 Å². The summed E-state index contributed by atoms with van der Waals surface area (Å²) in [7, 11) is 0. The predicted octanol–water partition coefficient (Wildman–Crippen LogP) is 4.63. The summed E-state index contributed by atoms with van der Waals surface area (Å²) in [6, 6.07) is 10.8. The number of benzene rings is 1. The van der Waals surface area contributed by atoms with Crippen molar-refractivity contribution in [2.24, 2.45) is 11.8 Å². The van der Waals surface area contributed by atoms with Gasteiger partial charge in [0.1, 0.15) is 10.8 Å². The van der Waals surface area contributed by atoms with Crippen LogP contribution in [0.1, 0.15) is 33.1 Å². The number of nitrogen functional groups attached to an aromatic ring is 1. The molecule has 0 radical (unpaired) electrons. The number of rotatable bonds is 3. The summed E-state index contributed by atoms with van der Waals surface area (Å²) in [5, 5.41) is 4.82. The Hall–Kier alpha value is -1.55. The van der Waals surface area contributed by atoms with Gasteiger partial charge < -0.3 is 11.1 Å². The molecule has 0 aliphatic heterocycles. The Morgan fingerprint density at radius 2 is 1.76 bits per heavy atom. The van der Waals surface area contributed by atoms with Crippen LogP contribution in [0.15, 0.2) is 30.3 Å². The molecule has 0 bridgehead atoms. The van der Waals surface area contributed by atoms with E-state index < -0.39 is 0 Å². The average molecular weight is 301 g/mol. The van der Waals surface area contributed by atoms with Crippen molar-refractivity contribution in [1.29, 1.82) is 0 Å². The summed E-state index contributed by atoms with van der Waals surface area (Å²) in [6.07, 6.45) is 3.81. The van der Waals surface area contributed by atoms with Gasteiger partial charge in [0.05, 0.1) is 5.56 Å². The highest BCUT2D eigenvalue weighted by molar-refractivity contribution is 7.11. The smallest absolute Gasteiger partial charge is 0.147 e. The standard InChI is InChI=1S/C17H23N3S/c1-11-8-12(2)10-14(9-11)19-17-15(16(18)20-21-17)13-6-4-3-5-7-13/h3-7,11-12,14,19H,8-10H2,1-2H3,(H2,18,20). The molecule has 112 valence electrons. The summed E-state index contributed by atoms with van der Waals surface area (Å²) >= 11 is 1.48. The van der Waals surface area contributed by atoms with E-state index >= 15 is 0 Å². The van der Waals surface area contributed by atoms with Crippen molar-refractivity contribution in [3.05, 3.63) is 30.3 Å². The molecule has 1 fully saturated rings. The molecule has 1 aromatic carbocycles. The lowest BCUT2D eigenvalue weighted by Gasteiger charge is -2.32. The van der Waals surface area contributed by atoms with E-state index in [9.17, 15) is 0 Å². The van der Waals surface area contributed by atoms with Crippen molar-refractivity contribution in [3.8, 4) is 11.1 Å². The maximum atomic E-state index is 6.09. The van der Waals surface area contributed by atoms with Gasteiger partial charge >= 0.3 is 0 Å². The van der Waals surface area contributed by atoms with Gasteiger partial charge in [0.15, 0.2) is 0 Å². The van der Waals surface area contributed by atoms with Crippen LogP contribution in [0.3, 0.4) is 0 Å². The molecule has 1 heterocycles. The van der Waals surface area contributed by atoms with E-state index in [4.69, 9.17) is 5.73 Å². The molecule has 0 saturated heterocycles. The minimum absolute atomic E-state index is 0.533. The summed E-state index contributed by atoms with van der Waals surface area (Å²) in [4.78, 5) is 0. The summed E-state index contributed by atoms with van der Waals surface area (Å²) in [5.74, 6) is 2.21. The molecule has 1 aliphatic rings. The van der Waals surface area contributed by atoms with Crippen molar-refractivity contribution in [2.45, 2.75) is 39.2 Å². The van der Waals surface area contributed by atoms with Crippen molar-refractivity contribution < 1.29 is 0 Å². The number of aromatic nitrogens is 1. The molecule has 0 spiro atoms. The second kappa shape index (κ2) is 6.06. The molecule has 2 unspecified atom stereocenters. The minimum Gasteiger partial charge on any atom is -0.382 e. The Balaban J connectivity index is 1.84. The molecule has 2 atom stereocenters. The van der Waals surface area contributed by atoms with Gasteiger partial charge in [0.25, 0.3) is 0 Å². The number of hydrogen-bond donors (Lipinski definition) is 2. The summed E-state index contributed by atoms with van der Waals surface area (Å²) in [6.45, 7) is 4.70. The van der Waals surface area contributed by atoms with Gasteiger partial charge in [-0.25, -0.2) is 0 Å². The largest absolute Gasteiger partial charge is 0.382 e. The molecule has 2 aromatic rings. The second-order valence-corrected chi connectivity index (χ2v) is 7.17. The highest BCUT2D eigenvalue weighted by atomic mass is 32.1. The van der Waals surface area contributed by atoms with Crippen molar-refractivity contribution in [1.82, 2.24) is 4.37 Å². The fraction of sp³-hybridized carbons (Fsp3) is 0.471. The summed E-state index contributed by atoms with van der Waals surface area (Å²) in [5.41, 5.74) is 8.30. The van der Waals surface area contributed by atoms with Crippen LogP contribution >= 0.6 is 11.5 Å². The molecular formula is C17H23N3S. The molecule has 21 heavy (non-hydrogen) atoms. The lowest BCUT2D eigenvalue weighted by molar-refractivity contribution is 0.281. The molecular weight excluding hydrogens is 278 g/mol. The number of nitrogens with zero attached hydrogens (tertiary/aromatic N) is 1. The third kappa shape index (κ3) is 3.21. The van der Waals surface area contributed by atoms with Gasteiger partial charge in [-0.05, 0) is 48.2 Å². The maximum absolute atomic E-state index is 6.09. The first-order valence-electron chi connectivity index (χ1n) is 7.70. The molecule has 4 heteroatoms. The predicted molar refractivity (Wildman–Crippen MR) is 91.6 cm³/mol. The first kappa shape index (κ1) is 14.4. The molecule has 3 rings (SSSR count). The van der Waals surface area contributed by atoms with Gasteiger partial charge in [-0.15, -0.1) is 0 Å². The van der Waals surface area contributed by atoms with Gasteiger partial charge in [-0.1, -0.05) is 44.2 Å². The number of hydrogen-bond acceptors (Lipinski definition) is 4. The van der Waals surface area contributed by atoms with Crippen LogP contribution in [0.2, 0.25) is 0 Å². The Kier molecular flexibility index (Phi) is 4.15. The SMILES string of the molecule is CC1CC(C)CC(Nc2snc(N)c2-c2ccccc2)C1. The van der Waals surface area contributed by atoms with Gasteiger partial charge in [-0.3, -0.25) is 0 Å². The van der Waals surface area contributed by atoms with Gasteiger partial charge in [-0.2, -0.15) is 4.37 Å². The Labute approximate surface area is 130 Å². The molecule has 1 aromatic heterocycles. The zero-order valence-electron chi connectivity index (χ0n) is 12.7. The Morgan fingerprint density at radius 3 is 2.43 bits per heavy atom. The van der Waals surface area contributed by atoms with Crippen molar-refractivity contribution in [2.75, 3.05) is 11.1 Å². The van der Waals surface area contributed by atoms with E-state index in [1.165, 1.54) is 30.8 Å². The first-order valence-corrected chi connectivity index (χ1v) is 8.48. The quantitative estimate of drug-likeness (QED) is 0.869. The van der Waals surface area contributed by atoms with Crippen molar-refractivity contribution in [3.63, 3.8) is 0 Å². The normalized spacial score (nSPS) is 25.7. The lowest BCUT2D eigenvalue weighted by atomic mass is 9.80. The second-order valence-electron chi connectivity index (χ2n) is 6.40. The third-order valence-corrected chi connectivity index (χ3v) is 5.09. The molecule has 0 amide bonds. The van der Waals surface area contributed by atoms with Crippen LogP contribution in [0, 0.1) is 11.8 Å². The minimum atomic E-state index is 0.533. The van der Waals surface area contributed by atoms with Crippen molar-refractivity contribution >= 4 is 22.4 Å². The van der Waals surface area contributed by atoms with E-state index in [0.717, 1.165) is 28.0 Å². The first-order chi connectivity index (χ1) is 10.1. The lowest BCUT2D eigenvalue weighted by Crippen LogP contribution is -2.30. The molecule has 1 saturated carbocycles. The third-order valence-electron chi connectivity index (χ3n) is 4.29. The molecule has 3 nitrogen and oxygen atoms in total. The number of anilines is 2. The van der Waals surface area contributed by atoms with Crippen LogP contribution in [-0.4, -0.2) is 10.4 Å². The maximum Gasteiger partial charge on any atom is 0.147 e. The van der Waals surface area contributed by atoms with Crippen LogP contribution in [0.5, 0.6) is 0 Å². The van der Waals surface area contributed by atoms with Gasteiger partial charge in [0.2, 0.25) is 0 Å². The monoisotopic (exact) mass is 301 g/mol. The Morgan fingerprint density at radius 1 is 1.10 bits per heavy atom. The van der Waals surface area contributed by atoms with E-state index in [-0.39, 0.29) is 0 Å². The zero-order chi connectivity index (χ0) is 14.8. The van der Waals surface area contributed by atoms with Crippen LogP contribution in [0.4, 0.5) is 10.8 Å². The number of nitrogens with two attached hydrogens (primary N) is 1. The topological polar surface area (TPSA) is 50.9 Å². The fourth-order valence-electron chi connectivity index (χ4n) is 3.53. The van der Waals surface area contributed by atoms with Gasteiger partial charge in [0, 0.05) is 6.04 Å². The molecule has 1 aliphatic carbocycles. The van der Waals surface area contributed by atoms with E-state index in [2.05, 4.69) is 35.7 Å². The fourth-order valence-corrected chi connectivity index (χ4v) is 4.35. The molecule has 3 N–H and O–H groups in total. The van der Waals surface area contributed by atoms with E-state index in [1.54, 1.807) is 0 Å². The highest BCUT2D eigenvalue weighted by Crippen LogP contribution is 2.39.